The summed E-state index contributed by atoms with van der Waals surface area (Å²) in [6.45, 7) is 0. The minimum absolute atomic E-state index is 0.489. The third-order valence-corrected chi connectivity index (χ3v) is 1.93. The number of nitrogens with zero attached hydrogens (tertiary/aromatic N) is 3. The molecular formula is C2H3N3S3. The van der Waals surface area contributed by atoms with Gasteiger partial charge in [0.2, 0.25) is 0 Å². The topological polar surface area (TPSA) is 30.7 Å². The molecule has 8 heavy (non-hydrogen) atoms. The Hall–Kier alpha value is 0.190. The third kappa shape index (κ3) is 0.958. The van der Waals surface area contributed by atoms with E-state index in [1.165, 1.54) is 4.09 Å². The van der Waals surface area contributed by atoms with Gasteiger partial charge < -0.3 is 0 Å². The molecule has 0 aliphatic carbocycles. The van der Waals surface area contributed by atoms with Crippen LogP contribution in [0.4, 0.5) is 0 Å². The standard InChI is InChI=1S/C2H3N3S3/c6-1-2(7)5(8)4-3-1/h6-8H. The largest absolute Gasteiger partial charge is 0.182 e. The molecule has 0 fully saturated rings. The minimum atomic E-state index is 0.489. The Kier molecular flexibility index (Phi) is 1.74. The van der Waals surface area contributed by atoms with E-state index in [9.17, 15) is 0 Å². The van der Waals surface area contributed by atoms with Crippen molar-refractivity contribution in [1.82, 2.24) is 14.4 Å². The van der Waals surface area contributed by atoms with Gasteiger partial charge in [0.25, 0.3) is 0 Å². The zero-order valence-electron chi connectivity index (χ0n) is 3.68. The maximum atomic E-state index is 3.95. The molecule has 0 aliphatic heterocycles. The number of aromatic nitrogens is 3. The van der Waals surface area contributed by atoms with E-state index in [4.69, 9.17) is 0 Å². The summed E-state index contributed by atoms with van der Waals surface area (Å²) >= 11 is 11.7. The lowest BCUT2D eigenvalue weighted by Crippen LogP contribution is -1.80. The highest BCUT2D eigenvalue weighted by Crippen LogP contribution is 2.13. The fraction of sp³-hybridized carbons (Fsp3) is 0. The molecule has 0 amide bonds. The molecule has 0 saturated heterocycles. The monoisotopic (exact) mass is 165 g/mol. The van der Waals surface area contributed by atoms with Crippen LogP contribution in [0.5, 0.6) is 0 Å². The van der Waals surface area contributed by atoms with Crippen LogP contribution in [0.1, 0.15) is 0 Å². The van der Waals surface area contributed by atoms with Crippen LogP contribution in [-0.2, 0) is 0 Å². The van der Waals surface area contributed by atoms with Gasteiger partial charge in [0.1, 0.15) is 5.03 Å². The van der Waals surface area contributed by atoms with Crippen molar-refractivity contribution in [3.8, 4) is 0 Å². The van der Waals surface area contributed by atoms with Gasteiger partial charge in [-0.15, -0.1) is 30.4 Å². The van der Waals surface area contributed by atoms with Gasteiger partial charge in [0.05, 0.1) is 0 Å². The highest BCUT2D eigenvalue weighted by atomic mass is 32.1. The third-order valence-electron chi connectivity index (χ3n) is 0.614. The van der Waals surface area contributed by atoms with Gasteiger partial charge in [0.15, 0.2) is 5.03 Å². The molecule has 0 unspecified atom stereocenters. The molecule has 1 heterocycles. The van der Waals surface area contributed by atoms with E-state index in [1.54, 1.807) is 0 Å². The van der Waals surface area contributed by atoms with Gasteiger partial charge in [0, 0.05) is 0 Å². The summed E-state index contributed by atoms with van der Waals surface area (Å²) in [5, 5.41) is 8.08. The summed E-state index contributed by atoms with van der Waals surface area (Å²) in [5.74, 6) is 0. The predicted octanol–water partition coefficient (Wildman–Crippen LogP) is 0.548. The van der Waals surface area contributed by atoms with Gasteiger partial charge in [-0.05, 0) is 12.8 Å². The van der Waals surface area contributed by atoms with Crippen molar-refractivity contribution in [1.29, 1.82) is 0 Å². The van der Waals surface area contributed by atoms with Gasteiger partial charge in [-0.3, -0.25) is 0 Å². The lowest BCUT2D eigenvalue weighted by Gasteiger charge is -1.84. The fourth-order valence-corrected chi connectivity index (χ4v) is 0.694. The summed E-state index contributed by atoms with van der Waals surface area (Å²) < 4.78 is 1.24. The average molecular weight is 165 g/mol. The maximum absolute atomic E-state index is 3.95. The summed E-state index contributed by atoms with van der Waals surface area (Å²) in [4.78, 5) is 0. The fourth-order valence-electron chi connectivity index (χ4n) is 0.261. The molecule has 0 atom stereocenters. The highest BCUT2D eigenvalue weighted by Gasteiger charge is 1.99. The molecule has 0 saturated carbocycles. The van der Waals surface area contributed by atoms with Crippen molar-refractivity contribution < 1.29 is 0 Å². The Balaban J connectivity index is 3.19. The van der Waals surface area contributed by atoms with Crippen LogP contribution in [0.2, 0.25) is 0 Å². The molecule has 0 spiro atoms. The van der Waals surface area contributed by atoms with Gasteiger partial charge >= 0.3 is 0 Å². The quantitative estimate of drug-likeness (QED) is 0.490. The Morgan fingerprint density at radius 2 is 2.00 bits per heavy atom. The molecule has 0 radical (unpaired) electrons. The second kappa shape index (κ2) is 2.20. The SMILES string of the molecule is Sc1nnn(S)c1S. The first-order chi connectivity index (χ1) is 3.72. The van der Waals surface area contributed by atoms with Crippen molar-refractivity contribution in [2.45, 2.75) is 10.1 Å². The van der Waals surface area contributed by atoms with Gasteiger partial charge in [-0.2, -0.15) is 4.09 Å². The Bertz CT molecular complexity index is 175. The molecular weight excluding hydrogens is 162 g/mol. The van der Waals surface area contributed by atoms with Crippen molar-refractivity contribution in [2.24, 2.45) is 0 Å². The lowest BCUT2D eigenvalue weighted by atomic mass is 10.9. The minimum Gasteiger partial charge on any atom is -0.182 e. The highest BCUT2D eigenvalue weighted by molar-refractivity contribution is 7.84. The molecule has 1 rings (SSSR count). The molecule has 44 valence electrons. The Morgan fingerprint density at radius 3 is 2.12 bits per heavy atom. The smallest absolute Gasteiger partial charge is 0.150 e. The molecule has 0 bridgehead atoms. The molecule has 1 aromatic rings. The van der Waals surface area contributed by atoms with Crippen LogP contribution in [-0.4, -0.2) is 14.4 Å². The van der Waals surface area contributed by atoms with Crippen LogP contribution in [0.15, 0.2) is 10.1 Å². The van der Waals surface area contributed by atoms with Crippen LogP contribution >= 0.6 is 38.1 Å². The maximum Gasteiger partial charge on any atom is 0.150 e. The van der Waals surface area contributed by atoms with E-state index in [0.29, 0.717) is 10.1 Å². The second-order valence-corrected chi connectivity index (χ2v) is 2.35. The molecule has 0 aliphatic rings. The Morgan fingerprint density at radius 1 is 1.38 bits per heavy atom. The summed E-state index contributed by atoms with van der Waals surface area (Å²) in [5.41, 5.74) is 0. The van der Waals surface area contributed by atoms with E-state index in [2.05, 4.69) is 48.4 Å². The lowest BCUT2D eigenvalue weighted by molar-refractivity contribution is 0.858. The van der Waals surface area contributed by atoms with E-state index >= 15 is 0 Å². The summed E-state index contributed by atoms with van der Waals surface area (Å²) in [7, 11) is 0. The predicted molar refractivity (Wildman–Crippen MR) is 38.9 cm³/mol. The first-order valence-electron chi connectivity index (χ1n) is 1.74. The zero-order valence-corrected chi connectivity index (χ0v) is 6.37. The van der Waals surface area contributed by atoms with Crippen molar-refractivity contribution in [3.05, 3.63) is 0 Å². The van der Waals surface area contributed by atoms with Gasteiger partial charge in [-0.1, -0.05) is 5.21 Å². The number of hydrogen-bond acceptors (Lipinski definition) is 5. The van der Waals surface area contributed by atoms with E-state index in [1.807, 2.05) is 0 Å². The normalized spacial score (nSPS) is 9.88. The first kappa shape index (κ1) is 6.31. The van der Waals surface area contributed by atoms with Crippen molar-refractivity contribution in [2.75, 3.05) is 0 Å². The van der Waals surface area contributed by atoms with Crippen LogP contribution < -0.4 is 0 Å². The number of rotatable bonds is 0. The molecule has 0 N–H and O–H groups in total. The average Bonchev–Trinajstić information content (AvgIpc) is 1.98. The molecule has 0 aromatic carbocycles. The summed E-state index contributed by atoms with van der Waals surface area (Å²) in [6.07, 6.45) is 0. The van der Waals surface area contributed by atoms with E-state index < -0.39 is 0 Å². The number of thiol groups is 3. The van der Waals surface area contributed by atoms with E-state index in [0.717, 1.165) is 0 Å². The van der Waals surface area contributed by atoms with Crippen LogP contribution in [0.25, 0.3) is 0 Å². The van der Waals surface area contributed by atoms with Crippen LogP contribution in [0, 0.1) is 0 Å². The zero-order chi connectivity index (χ0) is 6.15. The van der Waals surface area contributed by atoms with Crippen molar-refractivity contribution >= 4 is 38.1 Å². The van der Waals surface area contributed by atoms with E-state index in [-0.39, 0.29) is 0 Å². The molecule has 3 nitrogen and oxygen atoms in total. The number of hydrogen-bond donors (Lipinski definition) is 3. The van der Waals surface area contributed by atoms with Gasteiger partial charge in [-0.25, -0.2) is 0 Å². The Labute approximate surface area is 62.8 Å². The first-order valence-corrected chi connectivity index (χ1v) is 3.04. The van der Waals surface area contributed by atoms with Crippen LogP contribution in [0.3, 0.4) is 0 Å². The molecule has 6 heteroatoms. The summed E-state index contributed by atoms with van der Waals surface area (Å²) in [6, 6.07) is 0. The second-order valence-electron chi connectivity index (χ2n) is 1.13. The molecule has 1 aromatic heterocycles. The van der Waals surface area contributed by atoms with Crippen molar-refractivity contribution in [3.63, 3.8) is 0 Å².